The van der Waals surface area contributed by atoms with E-state index in [2.05, 4.69) is 10.5 Å². The van der Waals surface area contributed by atoms with E-state index < -0.39 is 27.8 Å². The summed E-state index contributed by atoms with van der Waals surface area (Å²) in [5.41, 5.74) is 2.08. The van der Waals surface area contributed by atoms with E-state index in [0.717, 1.165) is 0 Å². The van der Waals surface area contributed by atoms with Crippen molar-refractivity contribution in [3.8, 4) is 0 Å². The van der Waals surface area contributed by atoms with Gasteiger partial charge in [0.05, 0.1) is 5.10 Å². The SMILES string of the molecule is CC1C([N+](=O)[O-])=NNC1[N+](=O)[O-]. The second kappa shape index (κ2) is 2.72. The van der Waals surface area contributed by atoms with Crippen molar-refractivity contribution in [3.05, 3.63) is 20.2 Å². The molecule has 1 heterocycles. The van der Waals surface area contributed by atoms with Gasteiger partial charge in [0.15, 0.2) is 5.92 Å². The van der Waals surface area contributed by atoms with Gasteiger partial charge in [-0.15, -0.1) is 5.43 Å². The molecular weight excluding hydrogens is 168 g/mol. The molecule has 8 heteroatoms. The second-order valence-electron chi connectivity index (χ2n) is 2.38. The summed E-state index contributed by atoms with van der Waals surface area (Å²) >= 11 is 0. The quantitative estimate of drug-likeness (QED) is 0.422. The van der Waals surface area contributed by atoms with Crippen LogP contribution in [-0.4, -0.2) is 21.8 Å². The number of hydrogen-bond donors (Lipinski definition) is 1. The number of amidine groups is 1. The van der Waals surface area contributed by atoms with Gasteiger partial charge in [-0.3, -0.25) is 10.1 Å². The molecule has 0 fully saturated rings. The lowest BCUT2D eigenvalue weighted by atomic mass is 10.1. The topological polar surface area (TPSA) is 111 Å². The number of hydrazone groups is 1. The van der Waals surface area contributed by atoms with Gasteiger partial charge in [0, 0.05) is 4.92 Å². The van der Waals surface area contributed by atoms with Gasteiger partial charge in [0.25, 0.3) is 0 Å². The Morgan fingerprint density at radius 3 is 2.33 bits per heavy atom. The number of nitrogens with zero attached hydrogens (tertiary/aromatic N) is 3. The zero-order chi connectivity index (χ0) is 9.30. The van der Waals surface area contributed by atoms with Crippen LogP contribution in [0, 0.1) is 26.1 Å². The zero-order valence-electron chi connectivity index (χ0n) is 6.13. The lowest BCUT2D eigenvalue weighted by Gasteiger charge is -2.02. The molecule has 2 unspecified atom stereocenters. The first kappa shape index (κ1) is 8.37. The number of nitrogens with one attached hydrogen (secondary N) is 1. The summed E-state index contributed by atoms with van der Waals surface area (Å²) in [4.78, 5) is 19.1. The van der Waals surface area contributed by atoms with Crippen molar-refractivity contribution in [2.45, 2.75) is 13.1 Å². The molecule has 0 aromatic carbocycles. The largest absolute Gasteiger partial charge is 0.375 e. The van der Waals surface area contributed by atoms with Gasteiger partial charge in [-0.1, -0.05) is 0 Å². The second-order valence-corrected chi connectivity index (χ2v) is 2.38. The summed E-state index contributed by atoms with van der Waals surface area (Å²) in [5.74, 6) is -1.19. The van der Waals surface area contributed by atoms with Crippen LogP contribution in [0.2, 0.25) is 0 Å². The van der Waals surface area contributed by atoms with Gasteiger partial charge in [0.1, 0.15) is 0 Å². The van der Waals surface area contributed by atoms with E-state index >= 15 is 0 Å². The molecule has 0 aromatic rings. The van der Waals surface area contributed by atoms with Crippen molar-refractivity contribution in [2.75, 3.05) is 0 Å². The lowest BCUT2D eigenvalue weighted by molar-refractivity contribution is -0.534. The molecule has 0 saturated carbocycles. The van der Waals surface area contributed by atoms with Crippen molar-refractivity contribution >= 4 is 5.84 Å². The molecule has 0 bridgehead atoms. The number of rotatable bonds is 1. The number of nitro groups is 2. The molecule has 1 N–H and O–H groups in total. The summed E-state index contributed by atoms with van der Waals surface area (Å²) in [6.45, 7) is 1.38. The first-order valence-corrected chi connectivity index (χ1v) is 3.15. The zero-order valence-corrected chi connectivity index (χ0v) is 6.13. The lowest BCUT2D eigenvalue weighted by Crippen LogP contribution is -2.36. The monoisotopic (exact) mass is 174 g/mol. The van der Waals surface area contributed by atoms with Crippen molar-refractivity contribution in [1.82, 2.24) is 5.43 Å². The average Bonchev–Trinajstić information content (AvgIpc) is 2.30. The molecule has 0 amide bonds. The van der Waals surface area contributed by atoms with Crippen LogP contribution in [0.15, 0.2) is 5.10 Å². The highest BCUT2D eigenvalue weighted by Crippen LogP contribution is 2.12. The third kappa shape index (κ3) is 1.18. The molecule has 0 radical (unpaired) electrons. The Hall–Kier alpha value is -1.73. The van der Waals surface area contributed by atoms with E-state index in [4.69, 9.17) is 0 Å². The Morgan fingerprint density at radius 1 is 1.50 bits per heavy atom. The van der Waals surface area contributed by atoms with E-state index in [0.29, 0.717) is 0 Å². The minimum atomic E-state index is -1.18. The molecule has 12 heavy (non-hydrogen) atoms. The summed E-state index contributed by atoms with van der Waals surface area (Å²) in [5, 5.41) is 23.7. The standard InChI is InChI=1S/C4H6N4O4/c1-2-3(7(9)10)5-6-4(2)8(11)12/h2-3,5H,1H3. The third-order valence-electron chi connectivity index (χ3n) is 1.61. The number of hydrogen-bond acceptors (Lipinski definition) is 6. The van der Waals surface area contributed by atoms with Gasteiger partial charge in [-0.05, 0) is 11.8 Å². The van der Waals surface area contributed by atoms with Crippen LogP contribution >= 0.6 is 0 Å². The Balaban J connectivity index is 2.76. The first-order valence-electron chi connectivity index (χ1n) is 3.15. The first-order chi connectivity index (χ1) is 5.54. The smallest absolute Gasteiger partial charge is 0.358 e. The molecule has 2 atom stereocenters. The maximum atomic E-state index is 10.2. The molecule has 0 aromatic heterocycles. The van der Waals surface area contributed by atoms with Crippen LogP contribution in [0.5, 0.6) is 0 Å². The van der Waals surface area contributed by atoms with E-state index in [1.807, 2.05) is 0 Å². The van der Waals surface area contributed by atoms with E-state index in [1.165, 1.54) is 6.92 Å². The molecule has 1 rings (SSSR count). The Kier molecular flexibility index (Phi) is 1.90. The maximum absolute atomic E-state index is 10.2. The normalized spacial score (nSPS) is 27.6. The Labute approximate surface area is 66.5 Å². The van der Waals surface area contributed by atoms with Crippen LogP contribution in [0.1, 0.15) is 6.92 Å². The summed E-state index contributed by atoms with van der Waals surface area (Å²) in [6.07, 6.45) is -1.18. The third-order valence-corrected chi connectivity index (χ3v) is 1.61. The van der Waals surface area contributed by atoms with E-state index in [-0.39, 0.29) is 0 Å². The highest BCUT2D eigenvalue weighted by molar-refractivity contribution is 5.78. The molecule has 1 aliphatic rings. The highest BCUT2D eigenvalue weighted by atomic mass is 16.6. The molecule has 0 aliphatic carbocycles. The fraction of sp³-hybridized carbons (Fsp3) is 0.750. The van der Waals surface area contributed by atoms with E-state index in [1.54, 1.807) is 0 Å². The minimum absolute atomic E-state index is 0.392. The molecule has 8 nitrogen and oxygen atoms in total. The van der Waals surface area contributed by atoms with Crippen molar-refractivity contribution in [3.63, 3.8) is 0 Å². The van der Waals surface area contributed by atoms with E-state index in [9.17, 15) is 20.2 Å². The molecule has 1 aliphatic heterocycles. The predicted molar refractivity (Wildman–Crippen MR) is 37.5 cm³/mol. The molecule has 0 saturated heterocycles. The van der Waals surface area contributed by atoms with Gasteiger partial charge in [0.2, 0.25) is 0 Å². The van der Waals surface area contributed by atoms with Crippen LogP contribution in [0.25, 0.3) is 0 Å². The van der Waals surface area contributed by atoms with Crippen molar-refractivity contribution < 1.29 is 9.85 Å². The minimum Gasteiger partial charge on any atom is -0.358 e. The molecule has 66 valence electrons. The Bertz CT molecular complexity index is 262. The van der Waals surface area contributed by atoms with Gasteiger partial charge < -0.3 is 10.1 Å². The van der Waals surface area contributed by atoms with Crippen molar-refractivity contribution in [2.24, 2.45) is 11.0 Å². The van der Waals surface area contributed by atoms with Crippen molar-refractivity contribution in [1.29, 1.82) is 0 Å². The molecule has 0 spiro atoms. The highest BCUT2D eigenvalue weighted by Gasteiger charge is 2.45. The predicted octanol–water partition coefficient (Wildman–Crippen LogP) is -0.581. The van der Waals surface area contributed by atoms with Crippen LogP contribution < -0.4 is 5.43 Å². The van der Waals surface area contributed by atoms with Crippen LogP contribution in [-0.2, 0) is 0 Å². The molecular formula is C4H6N4O4. The Morgan fingerprint density at radius 2 is 2.08 bits per heavy atom. The summed E-state index contributed by atoms with van der Waals surface area (Å²) in [7, 11) is 0. The average molecular weight is 174 g/mol. The fourth-order valence-electron chi connectivity index (χ4n) is 0.924. The van der Waals surface area contributed by atoms with Gasteiger partial charge in [-0.2, -0.15) is 0 Å². The van der Waals surface area contributed by atoms with Crippen LogP contribution in [0.4, 0.5) is 0 Å². The summed E-state index contributed by atoms with van der Waals surface area (Å²) in [6, 6.07) is 0. The fourth-order valence-corrected chi connectivity index (χ4v) is 0.924. The van der Waals surface area contributed by atoms with Gasteiger partial charge >= 0.3 is 12.0 Å². The van der Waals surface area contributed by atoms with Crippen LogP contribution in [0.3, 0.4) is 0 Å². The van der Waals surface area contributed by atoms with Gasteiger partial charge in [-0.25, -0.2) is 0 Å². The summed E-state index contributed by atoms with van der Waals surface area (Å²) < 4.78 is 0. The maximum Gasteiger partial charge on any atom is 0.375 e.